The first-order chi connectivity index (χ1) is 9.23. The molecule has 0 unspecified atom stereocenters. The van der Waals surface area contributed by atoms with Crippen molar-refractivity contribution >= 4 is 11.6 Å². The predicted molar refractivity (Wildman–Crippen MR) is 76.8 cm³/mol. The van der Waals surface area contributed by atoms with Gasteiger partial charge in [-0.05, 0) is 13.1 Å². The van der Waals surface area contributed by atoms with Crippen molar-refractivity contribution in [3.05, 3.63) is 11.9 Å². The van der Waals surface area contributed by atoms with Crippen LogP contribution in [0.25, 0.3) is 0 Å². The molecule has 0 saturated heterocycles. The van der Waals surface area contributed by atoms with E-state index in [-0.39, 0.29) is 0 Å². The van der Waals surface area contributed by atoms with Crippen molar-refractivity contribution in [1.82, 2.24) is 14.9 Å². The normalized spacial score (nSPS) is 10.8. The number of likely N-dealkylation sites (N-methyl/N-ethyl adjacent to an activating group) is 1. The Hall–Kier alpha value is -1.44. The Kier molecular flexibility index (Phi) is 7.09. The second-order valence-corrected chi connectivity index (χ2v) is 4.09. The fraction of sp³-hybridized carbons (Fsp3) is 0.667. The third kappa shape index (κ3) is 5.37. The van der Waals surface area contributed by atoms with Gasteiger partial charge in [-0.25, -0.2) is 15.8 Å². The van der Waals surface area contributed by atoms with Gasteiger partial charge in [-0.3, -0.25) is 0 Å². The molecule has 0 amide bonds. The Morgan fingerprint density at radius 2 is 1.95 bits per heavy atom. The van der Waals surface area contributed by atoms with Crippen molar-refractivity contribution in [2.24, 2.45) is 5.84 Å². The van der Waals surface area contributed by atoms with Crippen LogP contribution in [0.1, 0.15) is 19.7 Å². The molecule has 0 atom stereocenters. The average Bonchev–Trinajstić information content (AvgIpc) is 2.43. The Morgan fingerprint density at radius 1 is 1.26 bits per heavy atom. The average molecular weight is 268 g/mol. The summed E-state index contributed by atoms with van der Waals surface area (Å²) in [5.74, 6) is 7.32. The van der Waals surface area contributed by atoms with Crippen molar-refractivity contribution in [2.45, 2.75) is 20.5 Å². The van der Waals surface area contributed by atoms with Crippen LogP contribution in [0.5, 0.6) is 0 Å². The molecule has 0 aromatic carbocycles. The number of aromatic nitrogens is 2. The summed E-state index contributed by atoms with van der Waals surface area (Å²) in [7, 11) is 1.61. The van der Waals surface area contributed by atoms with Gasteiger partial charge in [0.15, 0.2) is 5.82 Å². The van der Waals surface area contributed by atoms with E-state index in [2.05, 4.69) is 39.5 Å². The van der Waals surface area contributed by atoms with Gasteiger partial charge < -0.3 is 20.4 Å². The minimum absolute atomic E-state index is 0.361. The SMILES string of the molecule is CCN(CC)CCNc1cc(NN)nc(COC)n1. The van der Waals surface area contributed by atoms with Gasteiger partial charge in [-0.1, -0.05) is 13.8 Å². The van der Waals surface area contributed by atoms with Crippen LogP contribution in [0.2, 0.25) is 0 Å². The van der Waals surface area contributed by atoms with Gasteiger partial charge >= 0.3 is 0 Å². The molecule has 7 heteroatoms. The topological polar surface area (TPSA) is 88.3 Å². The molecule has 1 aromatic rings. The molecule has 0 spiro atoms. The Bertz CT molecular complexity index is 369. The van der Waals surface area contributed by atoms with Crippen LogP contribution in [0.15, 0.2) is 6.07 Å². The number of nitrogens with zero attached hydrogens (tertiary/aromatic N) is 3. The highest BCUT2D eigenvalue weighted by Crippen LogP contribution is 2.10. The van der Waals surface area contributed by atoms with Crippen LogP contribution in [-0.2, 0) is 11.3 Å². The van der Waals surface area contributed by atoms with Gasteiger partial charge in [0.05, 0.1) is 0 Å². The van der Waals surface area contributed by atoms with E-state index >= 15 is 0 Å². The molecule has 0 fully saturated rings. The van der Waals surface area contributed by atoms with Crippen LogP contribution in [-0.4, -0.2) is 48.2 Å². The summed E-state index contributed by atoms with van der Waals surface area (Å²) in [6, 6.07) is 1.78. The molecule has 7 nitrogen and oxygen atoms in total. The summed E-state index contributed by atoms with van der Waals surface area (Å²) < 4.78 is 5.03. The molecule has 19 heavy (non-hydrogen) atoms. The van der Waals surface area contributed by atoms with E-state index in [1.165, 1.54) is 0 Å². The summed E-state index contributed by atoms with van der Waals surface area (Å²) >= 11 is 0. The largest absolute Gasteiger partial charge is 0.377 e. The van der Waals surface area contributed by atoms with Crippen LogP contribution in [0, 0.1) is 0 Å². The number of nitrogens with two attached hydrogens (primary N) is 1. The highest BCUT2D eigenvalue weighted by Gasteiger charge is 2.04. The van der Waals surface area contributed by atoms with E-state index in [4.69, 9.17) is 10.6 Å². The number of hydrogen-bond acceptors (Lipinski definition) is 7. The van der Waals surface area contributed by atoms with E-state index < -0.39 is 0 Å². The summed E-state index contributed by atoms with van der Waals surface area (Å²) in [5.41, 5.74) is 2.53. The number of methoxy groups -OCH3 is 1. The van der Waals surface area contributed by atoms with Gasteiger partial charge in [0.1, 0.15) is 18.2 Å². The zero-order valence-electron chi connectivity index (χ0n) is 11.9. The van der Waals surface area contributed by atoms with E-state index in [1.807, 2.05) is 0 Å². The Labute approximate surface area is 114 Å². The first kappa shape index (κ1) is 15.6. The van der Waals surface area contributed by atoms with Gasteiger partial charge in [-0.15, -0.1) is 0 Å². The number of nitrogen functional groups attached to an aromatic ring is 1. The van der Waals surface area contributed by atoms with Gasteiger partial charge in [0.2, 0.25) is 0 Å². The molecular formula is C12H24N6O. The lowest BCUT2D eigenvalue weighted by atomic mass is 10.4. The lowest BCUT2D eigenvalue weighted by Crippen LogP contribution is -2.28. The quantitative estimate of drug-likeness (QED) is 0.448. The van der Waals surface area contributed by atoms with Crippen LogP contribution < -0.4 is 16.6 Å². The zero-order valence-corrected chi connectivity index (χ0v) is 11.9. The number of ether oxygens (including phenoxy) is 1. The highest BCUT2D eigenvalue weighted by molar-refractivity contribution is 5.46. The highest BCUT2D eigenvalue weighted by atomic mass is 16.5. The van der Waals surface area contributed by atoms with E-state index in [0.29, 0.717) is 18.2 Å². The Morgan fingerprint density at radius 3 is 2.53 bits per heavy atom. The molecular weight excluding hydrogens is 244 g/mol. The molecule has 108 valence electrons. The van der Waals surface area contributed by atoms with Gasteiger partial charge in [0, 0.05) is 26.3 Å². The zero-order chi connectivity index (χ0) is 14.1. The fourth-order valence-corrected chi connectivity index (χ4v) is 1.74. The van der Waals surface area contributed by atoms with Crippen molar-refractivity contribution in [3.8, 4) is 0 Å². The third-order valence-electron chi connectivity index (χ3n) is 2.82. The van der Waals surface area contributed by atoms with Crippen LogP contribution >= 0.6 is 0 Å². The lowest BCUT2D eigenvalue weighted by Gasteiger charge is -2.18. The molecule has 0 saturated carbocycles. The molecule has 0 aliphatic rings. The summed E-state index contributed by atoms with van der Waals surface area (Å²) in [5, 5.41) is 3.27. The number of hydrazine groups is 1. The van der Waals surface area contributed by atoms with E-state index in [1.54, 1.807) is 13.2 Å². The monoisotopic (exact) mass is 268 g/mol. The molecule has 0 bridgehead atoms. The molecule has 0 radical (unpaired) electrons. The second-order valence-electron chi connectivity index (χ2n) is 4.09. The van der Waals surface area contributed by atoms with E-state index in [9.17, 15) is 0 Å². The van der Waals surface area contributed by atoms with Crippen molar-refractivity contribution < 1.29 is 4.74 Å². The number of hydrogen-bond donors (Lipinski definition) is 3. The molecule has 4 N–H and O–H groups in total. The molecule has 0 aliphatic heterocycles. The maximum absolute atomic E-state index is 5.39. The number of nitrogens with one attached hydrogen (secondary N) is 2. The third-order valence-corrected chi connectivity index (χ3v) is 2.82. The van der Waals surface area contributed by atoms with Gasteiger partial charge in [0.25, 0.3) is 0 Å². The number of rotatable bonds is 9. The van der Waals surface area contributed by atoms with Crippen LogP contribution in [0.3, 0.4) is 0 Å². The standard InChI is InChI=1S/C12H24N6O/c1-4-18(5-2)7-6-14-10-8-11(17-13)16-12(15-10)9-19-3/h8H,4-7,9,13H2,1-3H3,(H2,14,15,16,17). The minimum Gasteiger partial charge on any atom is -0.377 e. The predicted octanol–water partition coefficient (Wildman–Crippen LogP) is 0.662. The van der Waals surface area contributed by atoms with Crippen molar-refractivity contribution in [1.29, 1.82) is 0 Å². The molecule has 0 aliphatic carbocycles. The smallest absolute Gasteiger partial charge is 0.158 e. The van der Waals surface area contributed by atoms with Crippen LogP contribution in [0.4, 0.5) is 11.6 Å². The first-order valence-electron chi connectivity index (χ1n) is 6.53. The molecule has 1 heterocycles. The minimum atomic E-state index is 0.361. The molecule has 1 rings (SSSR count). The second kappa shape index (κ2) is 8.63. The summed E-state index contributed by atoms with van der Waals surface area (Å²) in [4.78, 5) is 10.9. The number of anilines is 2. The Balaban J connectivity index is 2.58. The maximum atomic E-state index is 5.39. The van der Waals surface area contributed by atoms with Crippen molar-refractivity contribution in [3.63, 3.8) is 0 Å². The van der Waals surface area contributed by atoms with E-state index in [0.717, 1.165) is 32.0 Å². The maximum Gasteiger partial charge on any atom is 0.158 e. The van der Waals surface area contributed by atoms with Gasteiger partial charge in [-0.2, -0.15) is 0 Å². The summed E-state index contributed by atoms with van der Waals surface area (Å²) in [6.45, 7) is 8.57. The lowest BCUT2D eigenvalue weighted by molar-refractivity contribution is 0.178. The fourth-order valence-electron chi connectivity index (χ4n) is 1.74. The first-order valence-corrected chi connectivity index (χ1v) is 6.53. The van der Waals surface area contributed by atoms with Crippen molar-refractivity contribution in [2.75, 3.05) is 44.0 Å². The molecule has 1 aromatic heterocycles. The summed E-state index contributed by atoms with van der Waals surface area (Å²) in [6.07, 6.45) is 0.